The van der Waals surface area contributed by atoms with Gasteiger partial charge in [0.2, 0.25) is 5.91 Å². The summed E-state index contributed by atoms with van der Waals surface area (Å²) in [6.07, 6.45) is 0. The molecule has 96 valence electrons. The second-order valence-corrected chi connectivity index (χ2v) is 4.77. The van der Waals surface area contributed by atoms with Crippen molar-refractivity contribution in [2.24, 2.45) is 5.73 Å². The van der Waals surface area contributed by atoms with Crippen molar-refractivity contribution in [2.75, 3.05) is 0 Å². The molecule has 1 amide bonds. The largest absolute Gasteiger partial charge is 0.366 e. The summed E-state index contributed by atoms with van der Waals surface area (Å²) in [4.78, 5) is 22.9. The highest BCUT2D eigenvalue weighted by molar-refractivity contribution is 7.99. The van der Waals surface area contributed by atoms with Crippen LogP contribution in [0.15, 0.2) is 58.3 Å². The number of carbonyl (C=O) groups excluding carboxylic acids is 1. The Balaban J connectivity index is 2.42. The topological polar surface area (TPSA) is 86.2 Å². The van der Waals surface area contributed by atoms with Crippen molar-refractivity contribution in [1.82, 2.24) is 0 Å². The van der Waals surface area contributed by atoms with Crippen LogP contribution in [0.5, 0.6) is 0 Å². The molecule has 0 aromatic heterocycles. The minimum absolute atomic E-state index is 0.00627. The van der Waals surface area contributed by atoms with E-state index in [9.17, 15) is 14.9 Å². The number of nitro groups is 1. The average molecular weight is 274 g/mol. The molecule has 0 fully saturated rings. The van der Waals surface area contributed by atoms with Crippen molar-refractivity contribution < 1.29 is 9.72 Å². The van der Waals surface area contributed by atoms with Gasteiger partial charge in [-0.2, -0.15) is 0 Å². The Hall–Kier alpha value is -2.34. The van der Waals surface area contributed by atoms with Crippen LogP contribution in [-0.2, 0) is 0 Å². The third-order valence-corrected chi connectivity index (χ3v) is 3.58. The second-order valence-electron chi connectivity index (χ2n) is 3.69. The number of hydrogen-bond acceptors (Lipinski definition) is 4. The van der Waals surface area contributed by atoms with Crippen LogP contribution in [0, 0.1) is 10.1 Å². The number of primary amides is 1. The van der Waals surface area contributed by atoms with Crippen LogP contribution in [0.4, 0.5) is 5.69 Å². The van der Waals surface area contributed by atoms with E-state index in [1.165, 1.54) is 6.07 Å². The number of nitrogens with zero attached hydrogens (tertiary/aromatic N) is 1. The van der Waals surface area contributed by atoms with Crippen molar-refractivity contribution in [2.45, 2.75) is 9.79 Å². The van der Waals surface area contributed by atoms with Crippen LogP contribution in [0.25, 0.3) is 0 Å². The van der Waals surface area contributed by atoms with Crippen molar-refractivity contribution in [1.29, 1.82) is 0 Å². The molecule has 0 aliphatic rings. The summed E-state index contributed by atoms with van der Waals surface area (Å²) in [5.74, 6) is -0.554. The summed E-state index contributed by atoms with van der Waals surface area (Å²) in [6.45, 7) is 0. The predicted octanol–water partition coefficient (Wildman–Crippen LogP) is 2.84. The number of amides is 1. The number of para-hydroxylation sites is 1. The van der Waals surface area contributed by atoms with Gasteiger partial charge >= 0.3 is 0 Å². The Bertz CT molecular complexity index is 588. The van der Waals surface area contributed by atoms with Gasteiger partial charge in [-0.1, -0.05) is 36.0 Å². The standard InChI is InChI=1S/C13H10N2O3S/c14-13(16)9-5-1-3-7-11(9)19-12-8-4-2-6-10(12)15(17)18/h1-8H,(H2,14,16). The van der Waals surface area contributed by atoms with E-state index >= 15 is 0 Å². The van der Waals surface area contributed by atoms with Crippen LogP contribution in [0.2, 0.25) is 0 Å². The Kier molecular flexibility index (Phi) is 3.82. The number of benzene rings is 2. The minimum atomic E-state index is -0.554. The highest BCUT2D eigenvalue weighted by atomic mass is 32.2. The van der Waals surface area contributed by atoms with Gasteiger partial charge < -0.3 is 5.73 Å². The molecule has 0 aliphatic heterocycles. The summed E-state index contributed by atoms with van der Waals surface area (Å²) in [7, 11) is 0. The number of nitro benzene ring substituents is 1. The molecular weight excluding hydrogens is 264 g/mol. The first-order chi connectivity index (χ1) is 9.09. The van der Waals surface area contributed by atoms with Gasteiger partial charge in [0, 0.05) is 11.0 Å². The first-order valence-electron chi connectivity index (χ1n) is 5.39. The lowest BCUT2D eigenvalue weighted by molar-refractivity contribution is -0.387. The van der Waals surface area contributed by atoms with Crippen molar-refractivity contribution >= 4 is 23.4 Å². The molecule has 0 saturated heterocycles. The van der Waals surface area contributed by atoms with E-state index in [1.54, 1.807) is 42.5 Å². The second kappa shape index (κ2) is 5.53. The monoisotopic (exact) mass is 274 g/mol. The maximum absolute atomic E-state index is 11.3. The molecule has 0 atom stereocenters. The van der Waals surface area contributed by atoms with E-state index in [-0.39, 0.29) is 5.69 Å². The molecule has 19 heavy (non-hydrogen) atoms. The van der Waals surface area contributed by atoms with Crippen LogP contribution >= 0.6 is 11.8 Å². The van der Waals surface area contributed by atoms with Gasteiger partial charge in [0.15, 0.2) is 0 Å². The Morgan fingerprint density at radius 1 is 1.05 bits per heavy atom. The van der Waals surface area contributed by atoms with Crippen molar-refractivity contribution in [3.63, 3.8) is 0 Å². The van der Waals surface area contributed by atoms with E-state index in [1.807, 2.05) is 0 Å². The van der Waals surface area contributed by atoms with Gasteiger partial charge in [0.1, 0.15) is 0 Å². The summed E-state index contributed by atoms with van der Waals surface area (Å²) >= 11 is 1.15. The van der Waals surface area contributed by atoms with Crippen LogP contribution in [-0.4, -0.2) is 10.8 Å². The molecule has 2 N–H and O–H groups in total. The maximum atomic E-state index is 11.3. The number of rotatable bonds is 4. The fourth-order valence-electron chi connectivity index (χ4n) is 1.57. The number of nitrogens with two attached hydrogens (primary N) is 1. The fraction of sp³-hybridized carbons (Fsp3) is 0. The predicted molar refractivity (Wildman–Crippen MR) is 72.2 cm³/mol. The van der Waals surface area contributed by atoms with Gasteiger partial charge in [0.05, 0.1) is 15.4 Å². The maximum Gasteiger partial charge on any atom is 0.283 e. The van der Waals surface area contributed by atoms with Crippen LogP contribution in [0.1, 0.15) is 10.4 Å². The lowest BCUT2D eigenvalue weighted by Gasteiger charge is -2.06. The average Bonchev–Trinajstić information content (AvgIpc) is 2.39. The lowest BCUT2D eigenvalue weighted by Crippen LogP contribution is -2.11. The lowest BCUT2D eigenvalue weighted by atomic mass is 10.2. The van der Waals surface area contributed by atoms with Gasteiger partial charge in [-0.3, -0.25) is 14.9 Å². The van der Waals surface area contributed by atoms with Gasteiger partial charge in [-0.05, 0) is 18.2 Å². The zero-order valence-electron chi connectivity index (χ0n) is 9.78. The number of hydrogen-bond donors (Lipinski definition) is 1. The smallest absolute Gasteiger partial charge is 0.283 e. The summed E-state index contributed by atoms with van der Waals surface area (Å²) in [5, 5.41) is 10.9. The first kappa shape index (κ1) is 13.1. The Morgan fingerprint density at radius 3 is 2.26 bits per heavy atom. The zero-order chi connectivity index (χ0) is 13.8. The summed E-state index contributed by atoms with van der Waals surface area (Å²) in [5.41, 5.74) is 5.64. The molecular formula is C13H10N2O3S. The molecule has 0 spiro atoms. The molecule has 0 heterocycles. The molecule has 0 unspecified atom stereocenters. The van der Waals surface area contributed by atoms with Crippen molar-refractivity contribution in [3.05, 3.63) is 64.2 Å². The fourth-order valence-corrected chi connectivity index (χ4v) is 2.63. The minimum Gasteiger partial charge on any atom is -0.366 e. The van der Waals surface area contributed by atoms with Crippen LogP contribution in [0.3, 0.4) is 0 Å². The summed E-state index contributed by atoms with van der Waals surface area (Å²) < 4.78 is 0. The SMILES string of the molecule is NC(=O)c1ccccc1Sc1ccccc1[N+](=O)[O-]. The van der Waals surface area contributed by atoms with Crippen molar-refractivity contribution in [3.8, 4) is 0 Å². The van der Waals surface area contributed by atoms with Gasteiger partial charge in [-0.15, -0.1) is 0 Å². The third kappa shape index (κ3) is 2.92. The Morgan fingerprint density at radius 2 is 1.63 bits per heavy atom. The molecule has 0 radical (unpaired) electrons. The molecule has 0 saturated carbocycles. The quantitative estimate of drug-likeness (QED) is 0.686. The molecule has 5 nitrogen and oxygen atoms in total. The highest BCUT2D eigenvalue weighted by Crippen LogP contribution is 2.35. The molecule has 2 rings (SSSR count). The van der Waals surface area contributed by atoms with E-state index in [4.69, 9.17) is 5.73 Å². The molecule has 6 heteroatoms. The molecule has 2 aromatic rings. The third-order valence-electron chi connectivity index (χ3n) is 2.43. The van der Waals surface area contributed by atoms with Gasteiger partial charge in [0.25, 0.3) is 5.69 Å². The van der Waals surface area contributed by atoms with E-state index in [0.29, 0.717) is 15.4 Å². The molecule has 2 aromatic carbocycles. The zero-order valence-corrected chi connectivity index (χ0v) is 10.6. The first-order valence-corrected chi connectivity index (χ1v) is 6.21. The van der Waals surface area contributed by atoms with E-state index < -0.39 is 10.8 Å². The van der Waals surface area contributed by atoms with E-state index in [0.717, 1.165) is 11.8 Å². The Labute approximate surface area is 113 Å². The summed E-state index contributed by atoms with van der Waals surface area (Å²) in [6, 6.07) is 13.1. The molecule has 0 aliphatic carbocycles. The van der Waals surface area contributed by atoms with E-state index in [2.05, 4.69) is 0 Å². The number of carbonyl (C=O) groups is 1. The van der Waals surface area contributed by atoms with Gasteiger partial charge in [-0.25, -0.2) is 0 Å². The molecule has 0 bridgehead atoms. The normalized spacial score (nSPS) is 10.1. The van der Waals surface area contributed by atoms with Crippen LogP contribution < -0.4 is 5.73 Å². The highest BCUT2D eigenvalue weighted by Gasteiger charge is 2.16.